The van der Waals surface area contributed by atoms with Crippen molar-refractivity contribution in [1.82, 2.24) is 10.6 Å². The van der Waals surface area contributed by atoms with E-state index in [0.29, 0.717) is 6.04 Å². The minimum atomic E-state index is -0.183. The van der Waals surface area contributed by atoms with E-state index < -0.39 is 0 Å². The van der Waals surface area contributed by atoms with Crippen LogP contribution in [0.3, 0.4) is 0 Å². The van der Waals surface area contributed by atoms with Gasteiger partial charge in [0.05, 0.1) is 0 Å². The molecule has 0 fully saturated rings. The second-order valence-corrected chi connectivity index (χ2v) is 3.96. The molecule has 0 aliphatic heterocycles. The van der Waals surface area contributed by atoms with Gasteiger partial charge >= 0.3 is 0 Å². The molecule has 0 amide bonds. The molecule has 0 spiro atoms. The molecule has 0 aromatic heterocycles. The van der Waals surface area contributed by atoms with Crippen molar-refractivity contribution in [2.24, 2.45) is 0 Å². The Hall–Kier alpha value is -0.930. The quantitative estimate of drug-likeness (QED) is 0.777. The number of hydrogen-bond donors (Lipinski definition) is 2. The molecule has 0 aliphatic rings. The van der Waals surface area contributed by atoms with Crippen LogP contribution in [-0.4, -0.2) is 19.6 Å². The molecule has 1 atom stereocenters. The van der Waals surface area contributed by atoms with Gasteiger partial charge in [-0.25, -0.2) is 4.39 Å². The number of nitrogens with one attached hydrogen (secondary N) is 2. The second kappa shape index (κ2) is 5.83. The number of rotatable bonds is 5. The van der Waals surface area contributed by atoms with Crippen molar-refractivity contribution in [1.29, 1.82) is 0 Å². The average molecular weight is 210 g/mol. The Balaban J connectivity index is 2.65. The summed E-state index contributed by atoms with van der Waals surface area (Å²) in [6, 6.07) is 7.31. The third-order valence-electron chi connectivity index (χ3n) is 2.33. The highest BCUT2D eigenvalue weighted by Crippen LogP contribution is 2.13. The first-order valence-electron chi connectivity index (χ1n) is 5.29. The van der Waals surface area contributed by atoms with E-state index in [9.17, 15) is 4.39 Å². The third-order valence-corrected chi connectivity index (χ3v) is 2.33. The zero-order chi connectivity index (χ0) is 11.3. The number of hydrogen-bond acceptors (Lipinski definition) is 2. The number of likely N-dealkylation sites (N-methyl/N-ethyl adjacent to an activating group) is 1. The first-order chi connectivity index (χ1) is 7.13. The Kier molecular flexibility index (Phi) is 4.72. The fourth-order valence-corrected chi connectivity index (χ4v) is 1.46. The van der Waals surface area contributed by atoms with Crippen LogP contribution < -0.4 is 10.6 Å². The Bertz CT molecular complexity index is 299. The van der Waals surface area contributed by atoms with Gasteiger partial charge in [0.25, 0.3) is 0 Å². The van der Waals surface area contributed by atoms with E-state index in [4.69, 9.17) is 0 Å². The summed E-state index contributed by atoms with van der Waals surface area (Å²) in [5.41, 5.74) is 0.977. The van der Waals surface area contributed by atoms with E-state index in [2.05, 4.69) is 24.5 Å². The molecule has 2 nitrogen and oxygen atoms in total. The summed E-state index contributed by atoms with van der Waals surface area (Å²) >= 11 is 0. The predicted octanol–water partition coefficient (Wildman–Crippen LogP) is 2.08. The zero-order valence-electron chi connectivity index (χ0n) is 9.55. The van der Waals surface area contributed by atoms with Crippen LogP contribution in [0.2, 0.25) is 0 Å². The van der Waals surface area contributed by atoms with E-state index in [0.717, 1.165) is 12.1 Å². The van der Waals surface area contributed by atoms with Crippen molar-refractivity contribution in [2.75, 3.05) is 13.6 Å². The lowest BCUT2D eigenvalue weighted by Crippen LogP contribution is -2.33. The van der Waals surface area contributed by atoms with Crippen molar-refractivity contribution in [3.63, 3.8) is 0 Å². The van der Waals surface area contributed by atoms with Gasteiger partial charge in [-0.3, -0.25) is 0 Å². The molecule has 0 radical (unpaired) electrons. The molecule has 1 rings (SSSR count). The first kappa shape index (κ1) is 12.1. The van der Waals surface area contributed by atoms with Crippen molar-refractivity contribution in [3.8, 4) is 0 Å². The summed E-state index contributed by atoms with van der Waals surface area (Å²) in [4.78, 5) is 0. The molecule has 84 valence electrons. The summed E-state index contributed by atoms with van der Waals surface area (Å²) in [6.45, 7) is 4.99. The molecule has 3 heteroatoms. The lowest BCUT2D eigenvalue weighted by molar-refractivity contribution is 0.489. The molecule has 1 aromatic carbocycles. The Morgan fingerprint density at radius 3 is 2.60 bits per heavy atom. The second-order valence-electron chi connectivity index (χ2n) is 3.96. The molecular formula is C12H19FN2. The van der Waals surface area contributed by atoms with Gasteiger partial charge in [-0.05, 0) is 24.7 Å². The molecule has 1 unspecified atom stereocenters. The van der Waals surface area contributed by atoms with Crippen LogP contribution in [0, 0.1) is 5.82 Å². The minimum absolute atomic E-state index is 0.156. The zero-order valence-corrected chi connectivity index (χ0v) is 9.55. The Labute approximate surface area is 90.9 Å². The maximum absolute atomic E-state index is 13.0. The average Bonchev–Trinajstić information content (AvgIpc) is 2.18. The van der Waals surface area contributed by atoms with Gasteiger partial charge < -0.3 is 10.6 Å². The monoisotopic (exact) mass is 210 g/mol. The number of halogens is 1. The highest BCUT2D eigenvalue weighted by molar-refractivity contribution is 5.20. The van der Waals surface area contributed by atoms with Gasteiger partial charge in [0.15, 0.2) is 0 Å². The smallest absolute Gasteiger partial charge is 0.123 e. The van der Waals surface area contributed by atoms with Crippen LogP contribution in [0.5, 0.6) is 0 Å². The van der Waals surface area contributed by atoms with E-state index in [-0.39, 0.29) is 11.9 Å². The van der Waals surface area contributed by atoms with Crippen LogP contribution in [-0.2, 0) is 0 Å². The summed E-state index contributed by atoms with van der Waals surface area (Å²) in [5, 5.41) is 6.50. The van der Waals surface area contributed by atoms with Gasteiger partial charge in [-0.15, -0.1) is 0 Å². The van der Waals surface area contributed by atoms with Gasteiger partial charge in [-0.1, -0.05) is 26.0 Å². The topological polar surface area (TPSA) is 24.1 Å². The van der Waals surface area contributed by atoms with Crippen LogP contribution in [0.4, 0.5) is 4.39 Å². The fraction of sp³-hybridized carbons (Fsp3) is 0.500. The summed E-state index contributed by atoms with van der Waals surface area (Å²) < 4.78 is 13.0. The molecule has 2 N–H and O–H groups in total. The van der Waals surface area contributed by atoms with Gasteiger partial charge in [0.2, 0.25) is 0 Å². The van der Waals surface area contributed by atoms with E-state index >= 15 is 0 Å². The maximum atomic E-state index is 13.0. The van der Waals surface area contributed by atoms with Crippen LogP contribution in [0.25, 0.3) is 0 Å². The fourth-order valence-electron chi connectivity index (χ4n) is 1.46. The minimum Gasteiger partial charge on any atom is -0.313 e. The SMILES string of the molecule is CNC(CNC(C)C)c1cccc(F)c1. The van der Waals surface area contributed by atoms with Gasteiger partial charge in [0.1, 0.15) is 5.82 Å². The van der Waals surface area contributed by atoms with Crippen molar-refractivity contribution in [2.45, 2.75) is 25.9 Å². The standard InChI is InChI=1S/C12H19FN2/c1-9(2)15-8-12(14-3)10-5-4-6-11(13)7-10/h4-7,9,12,14-15H,8H2,1-3H3. The van der Waals surface area contributed by atoms with Crippen LogP contribution in [0.1, 0.15) is 25.5 Å². The predicted molar refractivity (Wildman–Crippen MR) is 61.3 cm³/mol. The lowest BCUT2D eigenvalue weighted by atomic mass is 10.1. The summed E-state index contributed by atoms with van der Waals surface area (Å²) in [7, 11) is 1.89. The van der Waals surface area contributed by atoms with Crippen molar-refractivity contribution in [3.05, 3.63) is 35.6 Å². The molecule has 0 heterocycles. The van der Waals surface area contributed by atoms with E-state index in [1.54, 1.807) is 12.1 Å². The molecule has 15 heavy (non-hydrogen) atoms. The normalized spacial score (nSPS) is 13.1. The molecular weight excluding hydrogens is 191 g/mol. The van der Waals surface area contributed by atoms with E-state index in [1.165, 1.54) is 6.07 Å². The van der Waals surface area contributed by atoms with Crippen molar-refractivity contribution < 1.29 is 4.39 Å². The molecule has 0 aliphatic carbocycles. The van der Waals surface area contributed by atoms with Crippen LogP contribution in [0.15, 0.2) is 24.3 Å². The van der Waals surface area contributed by atoms with Crippen molar-refractivity contribution >= 4 is 0 Å². The Morgan fingerprint density at radius 2 is 2.07 bits per heavy atom. The lowest BCUT2D eigenvalue weighted by Gasteiger charge is -2.19. The highest BCUT2D eigenvalue weighted by Gasteiger charge is 2.09. The molecule has 0 saturated carbocycles. The molecule has 0 bridgehead atoms. The van der Waals surface area contributed by atoms with Gasteiger partial charge in [-0.2, -0.15) is 0 Å². The number of benzene rings is 1. The molecule has 0 saturated heterocycles. The molecule has 1 aromatic rings. The van der Waals surface area contributed by atoms with E-state index in [1.807, 2.05) is 13.1 Å². The largest absolute Gasteiger partial charge is 0.313 e. The first-order valence-corrected chi connectivity index (χ1v) is 5.29. The maximum Gasteiger partial charge on any atom is 0.123 e. The summed E-state index contributed by atoms with van der Waals surface area (Å²) in [5.74, 6) is -0.183. The van der Waals surface area contributed by atoms with Crippen LogP contribution >= 0.6 is 0 Å². The third kappa shape index (κ3) is 3.98. The summed E-state index contributed by atoms with van der Waals surface area (Å²) in [6.07, 6.45) is 0. The Morgan fingerprint density at radius 1 is 1.33 bits per heavy atom. The van der Waals surface area contributed by atoms with Gasteiger partial charge in [0, 0.05) is 18.6 Å². The highest BCUT2D eigenvalue weighted by atomic mass is 19.1.